The Morgan fingerprint density at radius 3 is 2.11 bits per heavy atom. The maximum atomic E-state index is 2.45. The lowest BCUT2D eigenvalue weighted by atomic mass is 10.0. The van der Waals surface area contributed by atoms with Crippen molar-refractivity contribution in [2.75, 3.05) is 0 Å². The third-order valence-electron chi connectivity index (χ3n) is 3.58. The van der Waals surface area contributed by atoms with Crippen LogP contribution in [0.1, 0.15) is 25.3 Å². The third-order valence-corrected chi connectivity index (χ3v) is 5.66. The molecule has 0 amide bonds. The molecule has 0 aliphatic heterocycles. The van der Waals surface area contributed by atoms with Crippen molar-refractivity contribution >= 4 is 24.0 Å². The molecule has 0 fully saturated rings. The van der Waals surface area contributed by atoms with E-state index in [9.17, 15) is 0 Å². The molecule has 0 saturated carbocycles. The zero-order valence-electron chi connectivity index (χ0n) is 12.1. The van der Waals surface area contributed by atoms with Crippen LogP contribution in [0.15, 0.2) is 36.4 Å². The lowest BCUT2D eigenvalue weighted by Gasteiger charge is -2.22. The number of hydrogen-bond acceptors (Lipinski definition) is 0. The fraction of sp³-hybridized carbons (Fsp3) is 0.412. The largest absolute Gasteiger partial charge is 0.0779 e. The summed E-state index contributed by atoms with van der Waals surface area (Å²) in [4.78, 5) is 0. The van der Waals surface area contributed by atoms with Gasteiger partial charge >= 0.3 is 0 Å². The summed E-state index contributed by atoms with van der Waals surface area (Å²) in [7, 11) is -1.25. The summed E-state index contributed by atoms with van der Waals surface area (Å²) in [5, 5.41) is 4.44. The Morgan fingerprint density at radius 1 is 0.944 bits per heavy atom. The van der Waals surface area contributed by atoms with Gasteiger partial charge in [0, 0.05) is 0 Å². The maximum absolute atomic E-state index is 2.45. The zero-order valence-corrected chi connectivity index (χ0v) is 13.1. The average Bonchev–Trinajstić information content (AvgIpc) is 2.34. The molecular formula is C17H24Si. The Labute approximate surface area is 112 Å². The number of unbranched alkanes of at least 4 members (excludes halogenated alkanes) is 1. The Hall–Kier alpha value is -1.08. The van der Waals surface area contributed by atoms with E-state index in [1.807, 2.05) is 0 Å². The van der Waals surface area contributed by atoms with Crippen molar-refractivity contribution in [3.05, 3.63) is 42.0 Å². The summed E-state index contributed by atoms with van der Waals surface area (Å²) in [6.45, 7) is 9.63. The van der Waals surface area contributed by atoms with Crippen molar-refractivity contribution in [1.82, 2.24) is 0 Å². The highest BCUT2D eigenvalue weighted by molar-refractivity contribution is 6.89. The second kappa shape index (κ2) is 5.27. The minimum atomic E-state index is -1.25. The van der Waals surface area contributed by atoms with Crippen molar-refractivity contribution in [2.24, 2.45) is 0 Å². The number of aryl methyl sites for hydroxylation is 1. The molecule has 0 unspecified atom stereocenters. The van der Waals surface area contributed by atoms with E-state index in [1.165, 1.54) is 30.0 Å². The van der Waals surface area contributed by atoms with E-state index >= 15 is 0 Å². The van der Waals surface area contributed by atoms with Gasteiger partial charge in [-0.2, -0.15) is 0 Å². The zero-order chi connectivity index (χ0) is 13.2. The Morgan fingerprint density at radius 2 is 1.56 bits per heavy atom. The fourth-order valence-electron chi connectivity index (χ4n) is 2.56. The van der Waals surface area contributed by atoms with Crippen LogP contribution in [0.3, 0.4) is 0 Å². The molecule has 0 radical (unpaired) electrons. The summed E-state index contributed by atoms with van der Waals surface area (Å²) in [5.74, 6) is 0. The molecule has 0 spiro atoms. The SMILES string of the molecule is CCCCc1cc2ccccc2cc1[Si](C)(C)C. The molecule has 0 atom stereocenters. The molecule has 0 nitrogen and oxygen atoms in total. The minimum Gasteiger partial charge on any atom is -0.0656 e. The Bertz CT molecular complexity index is 535. The van der Waals surface area contributed by atoms with Crippen molar-refractivity contribution in [2.45, 2.75) is 45.8 Å². The van der Waals surface area contributed by atoms with Gasteiger partial charge in [0.1, 0.15) is 0 Å². The van der Waals surface area contributed by atoms with Crippen LogP contribution in [0.2, 0.25) is 19.6 Å². The predicted molar refractivity (Wildman–Crippen MR) is 85.5 cm³/mol. The third kappa shape index (κ3) is 2.84. The number of benzene rings is 2. The summed E-state index contributed by atoms with van der Waals surface area (Å²) in [5.41, 5.74) is 1.59. The van der Waals surface area contributed by atoms with Crippen LogP contribution >= 0.6 is 0 Å². The lowest BCUT2D eigenvalue weighted by molar-refractivity contribution is 0.798. The highest BCUT2D eigenvalue weighted by Crippen LogP contribution is 2.19. The van der Waals surface area contributed by atoms with E-state index in [0.29, 0.717) is 0 Å². The first-order chi connectivity index (χ1) is 8.52. The monoisotopic (exact) mass is 256 g/mol. The molecule has 96 valence electrons. The van der Waals surface area contributed by atoms with Crippen LogP contribution in [0.4, 0.5) is 0 Å². The van der Waals surface area contributed by atoms with Crippen LogP contribution < -0.4 is 5.19 Å². The van der Waals surface area contributed by atoms with E-state index in [0.717, 1.165) is 0 Å². The second-order valence-corrected chi connectivity index (χ2v) is 11.2. The molecule has 2 rings (SSSR count). The van der Waals surface area contributed by atoms with Gasteiger partial charge in [-0.1, -0.05) is 74.6 Å². The average molecular weight is 256 g/mol. The van der Waals surface area contributed by atoms with E-state index in [2.05, 4.69) is 63.0 Å². The molecular weight excluding hydrogens is 232 g/mol. The van der Waals surface area contributed by atoms with E-state index in [4.69, 9.17) is 0 Å². The van der Waals surface area contributed by atoms with Gasteiger partial charge in [-0.3, -0.25) is 0 Å². The van der Waals surface area contributed by atoms with Crippen LogP contribution in [0, 0.1) is 0 Å². The van der Waals surface area contributed by atoms with Gasteiger partial charge in [0.15, 0.2) is 0 Å². The lowest BCUT2D eigenvalue weighted by Crippen LogP contribution is -2.40. The first-order valence-corrected chi connectivity index (χ1v) is 10.5. The molecule has 1 heteroatoms. The highest BCUT2D eigenvalue weighted by Gasteiger charge is 2.20. The van der Waals surface area contributed by atoms with Gasteiger partial charge in [-0.05, 0) is 29.2 Å². The predicted octanol–water partition coefficient (Wildman–Crippen LogP) is 4.73. The molecule has 18 heavy (non-hydrogen) atoms. The number of hydrogen-bond donors (Lipinski definition) is 0. The molecule has 2 aromatic carbocycles. The van der Waals surface area contributed by atoms with E-state index < -0.39 is 8.07 Å². The smallest absolute Gasteiger partial charge is 0.0656 e. The van der Waals surface area contributed by atoms with Gasteiger partial charge in [-0.15, -0.1) is 0 Å². The van der Waals surface area contributed by atoms with Gasteiger partial charge in [-0.25, -0.2) is 0 Å². The molecule has 0 bridgehead atoms. The Kier molecular flexibility index (Phi) is 3.91. The fourth-order valence-corrected chi connectivity index (χ4v) is 4.31. The summed E-state index contributed by atoms with van der Waals surface area (Å²) < 4.78 is 0. The molecule has 0 aliphatic carbocycles. The first kappa shape index (κ1) is 13.4. The molecule has 0 saturated heterocycles. The summed E-state index contributed by atoms with van der Waals surface area (Å²) in [6, 6.07) is 13.6. The quantitative estimate of drug-likeness (QED) is 0.694. The van der Waals surface area contributed by atoms with Crippen molar-refractivity contribution in [1.29, 1.82) is 0 Å². The van der Waals surface area contributed by atoms with Gasteiger partial charge in [0.05, 0.1) is 8.07 Å². The maximum Gasteiger partial charge on any atom is 0.0779 e. The standard InChI is InChI=1S/C17H24Si/c1-5-6-9-16-12-14-10-7-8-11-15(14)13-17(16)18(2,3)4/h7-8,10-13H,5-6,9H2,1-4H3. The topological polar surface area (TPSA) is 0 Å². The second-order valence-electron chi connectivity index (χ2n) is 6.21. The summed E-state index contributed by atoms with van der Waals surface area (Å²) in [6.07, 6.45) is 3.81. The summed E-state index contributed by atoms with van der Waals surface area (Å²) >= 11 is 0. The molecule has 2 aromatic rings. The van der Waals surface area contributed by atoms with Gasteiger partial charge in [0.25, 0.3) is 0 Å². The van der Waals surface area contributed by atoms with Crippen molar-refractivity contribution in [3.8, 4) is 0 Å². The van der Waals surface area contributed by atoms with Crippen LogP contribution in [-0.2, 0) is 6.42 Å². The van der Waals surface area contributed by atoms with Gasteiger partial charge in [0.2, 0.25) is 0 Å². The molecule has 0 aromatic heterocycles. The molecule has 0 N–H and O–H groups in total. The first-order valence-electron chi connectivity index (χ1n) is 7.04. The van der Waals surface area contributed by atoms with Crippen LogP contribution in [0.25, 0.3) is 10.8 Å². The Balaban J connectivity index is 2.56. The number of rotatable bonds is 4. The van der Waals surface area contributed by atoms with Crippen molar-refractivity contribution in [3.63, 3.8) is 0 Å². The number of fused-ring (bicyclic) bond motifs is 1. The van der Waals surface area contributed by atoms with Crippen molar-refractivity contribution < 1.29 is 0 Å². The molecule has 0 heterocycles. The molecule has 0 aliphatic rings. The highest BCUT2D eigenvalue weighted by atomic mass is 28.3. The van der Waals surface area contributed by atoms with E-state index in [1.54, 1.807) is 10.8 Å². The van der Waals surface area contributed by atoms with Crippen LogP contribution in [-0.4, -0.2) is 8.07 Å². The normalized spacial score (nSPS) is 12.0. The van der Waals surface area contributed by atoms with Crippen LogP contribution in [0.5, 0.6) is 0 Å². The minimum absolute atomic E-state index is 1.24. The van der Waals surface area contributed by atoms with Gasteiger partial charge < -0.3 is 0 Å². The van der Waals surface area contributed by atoms with E-state index in [-0.39, 0.29) is 0 Å².